The Hall–Kier alpha value is -0.850. The van der Waals surface area contributed by atoms with Gasteiger partial charge in [-0.15, -0.1) is 0 Å². The van der Waals surface area contributed by atoms with Crippen LogP contribution in [0.4, 0.5) is 0 Å². The van der Waals surface area contributed by atoms with Crippen LogP contribution >= 0.6 is 0 Å². The van der Waals surface area contributed by atoms with E-state index >= 15 is 0 Å². The van der Waals surface area contributed by atoms with Gasteiger partial charge in [-0.25, -0.2) is 0 Å². The smallest absolute Gasteiger partial charge is 0.120 e. The van der Waals surface area contributed by atoms with Crippen LogP contribution in [0.1, 0.15) is 20.3 Å². The molecule has 0 N–H and O–H groups in total. The summed E-state index contributed by atoms with van der Waals surface area (Å²) in [6.45, 7) is 7.65. The van der Waals surface area contributed by atoms with E-state index in [1.165, 1.54) is 0 Å². The maximum Gasteiger partial charge on any atom is 0.120 e. The van der Waals surface area contributed by atoms with Crippen molar-refractivity contribution in [3.63, 3.8) is 0 Å². The van der Waals surface area contributed by atoms with Gasteiger partial charge in [0.15, 0.2) is 0 Å². The fraction of sp³-hybridized carbons (Fsp3) is 0.444. The normalized spacial score (nSPS) is 13.4. The van der Waals surface area contributed by atoms with Crippen LogP contribution in [0.2, 0.25) is 0 Å². The topological polar surface area (TPSA) is 17.1 Å². The molecule has 0 fully saturated rings. The first kappa shape index (κ1) is 9.15. The zero-order chi connectivity index (χ0) is 7.98. The van der Waals surface area contributed by atoms with Crippen LogP contribution in [0, 0.1) is 5.92 Å². The van der Waals surface area contributed by atoms with Crippen molar-refractivity contribution < 1.29 is 4.79 Å². The molecular weight excluding hydrogens is 124 g/mol. The van der Waals surface area contributed by atoms with Gasteiger partial charge in [0.05, 0.1) is 0 Å². The summed E-state index contributed by atoms with van der Waals surface area (Å²) < 4.78 is 0. The average molecular weight is 138 g/mol. The average Bonchev–Trinajstić information content (AvgIpc) is 1.85. The van der Waals surface area contributed by atoms with Crippen molar-refractivity contribution in [2.24, 2.45) is 5.92 Å². The summed E-state index contributed by atoms with van der Waals surface area (Å²) in [5.41, 5.74) is 1.03. The predicted octanol–water partition coefficient (Wildman–Crippen LogP) is 2.34. The Morgan fingerprint density at radius 2 is 2.30 bits per heavy atom. The zero-order valence-electron chi connectivity index (χ0n) is 6.63. The van der Waals surface area contributed by atoms with Crippen molar-refractivity contribution in [1.29, 1.82) is 0 Å². The highest BCUT2D eigenvalue weighted by Crippen LogP contribution is 2.02. The first-order valence-corrected chi connectivity index (χ1v) is 3.44. The highest BCUT2D eigenvalue weighted by molar-refractivity contribution is 5.50. The molecule has 0 bridgehead atoms. The van der Waals surface area contributed by atoms with Gasteiger partial charge < -0.3 is 4.79 Å². The molecule has 1 heteroatoms. The van der Waals surface area contributed by atoms with Gasteiger partial charge in [0.2, 0.25) is 0 Å². The van der Waals surface area contributed by atoms with Gasteiger partial charge in [-0.2, -0.15) is 0 Å². The largest absolute Gasteiger partial charge is 0.303 e. The van der Waals surface area contributed by atoms with Crippen molar-refractivity contribution in [1.82, 2.24) is 0 Å². The molecule has 0 saturated heterocycles. The summed E-state index contributed by atoms with van der Waals surface area (Å²) in [6, 6.07) is 0. The second kappa shape index (κ2) is 4.98. The Morgan fingerprint density at radius 3 is 2.70 bits per heavy atom. The highest BCUT2D eigenvalue weighted by atomic mass is 16.1. The number of aldehydes is 1. The SMILES string of the molecule is C=C(C)/C=C\[C@H](C)CC=O. The van der Waals surface area contributed by atoms with E-state index in [-0.39, 0.29) is 0 Å². The Bertz CT molecular complexity index is 145. The lowest BCUT2D eigenvalue weighted by Crippen LogP contribution is -1.88. The third-order valence-electron chi connectivity index (χ3n) is 1.18. The molecule has 0 amide bonds. The monoisotopic (exact) mass is 138 g/mol. The van der Waals surface area contributed by atoms with Crippen LogP contribution in [0.5, 0.6) is 0 Å². The van der Waals surface area contributed by atoms with Crippen LogP contribution in [0.3, 0.4) is 0 Å². The summed E-state index contributed by atoms with van der Waals surface area (Å²) in [4.78, 5) is 10.0. The number of hydrogen-bond acceptors (Lipinski definition) is 1. The number of rotatable bonds is 4. The molecule has 0 aliphatic heterocycles. The van der Waals surface area contributed by atoms with E-state index < -0.39 is 0 Å². The Kier molecular flexibility index (Phi) is 4.55. The Labute approximate surface area is 62.4 Å². The van der Waals surface area contributed by atoms with Gasteiger partial charge in [0.25, 0.3) is 0 Å². The molecular formula is C9H14O. The molecule has 0 heterocycles. The van der Waals surface area contributed by atoms with E-state index in [0.29, 0.717) is 12.3 Å². The molecule has 0 radical (unpaired) electrons. The first-order chi connectivity index (χ1) is 4.66. The molecule has 0 aliphatic carbocycles. The summed E-state index contributed by atoms with van der Waals surface area (Å²) in [5, 5.41) is 0. The lowest BCUT2D eigenvalue weighted by molar-refractivity contribution is -0.108. The molecule has 56 valence electrons. The first-order valence-electron chi connectivity index (χ1n) is 3.44. The van der Waals surface area contributed by atoms with Crippen LogP contribution in [0.25, 0.3) is 0 Å². The molecule has 1 atom stereocenters. The molecule has 0 aromatic carbocycles. The molecule has 10 heavy (non-hydrogen) atoms. The van der Waals surface area contributed by atoms with Crippen LogP contribution in [-0.2, 0) is 4.79 Å². The highest BCUT2D eigenvalue weighted by Gasteiger charge is 1.92. The van der Waals surface area contributed by atoms with E-state index in [9.17, 15) is 4.79 Å². The maximum absolute atomic E-state index is 10.0. The second-order valence-corrected chi connectivity index (χ2v) is 2.59. The number of carbonyl (C=O) groups excluding carboxylic acids is 1. The Balaban J connectivity index is 3.65. The van der Waals surface area contributed by atoms with E-state index in [4.69, 9.17) is 0 Å². The number of hydrogen-bond donors (Lipinski definition) is 0. The molecule has 1 nitrogen and oxygen atoms in total. The van der Waals surface area contributed by atoms with Crippen LogP contribution < -0.4 is 0 Å². The minimum atomic E-state index is 0.342. The van der Waals surface area contributed by atoms with Gasteiger partial charge in [0, 0.05) is 6.42 Å². The Morgan fingerprint density at radius 1 is 1.70 bits per heavy atom. The van der Waals surface area contributed by atoms with Crippen LogP contribution in [-0.4, -0.2) is 6.29 Å². The molecule has 0 saturated carbocycles. The maximum atomic E-state index is 10.0. The quantitative estimate of drug-likeness (QED) is 0.430. The summed E-state index contributed by atoms with van der Waals surface area (Å²) in [5.74, 6) is 0.342. The van der Waals surface area contributed by atoms with Gasteiger partial charge in [-0.05, 0) is 12.8 Å². The fourth-order valence-electron chi connectivity index (χ4n) is 0.559. The third-order valence-corrected chi connectivity index (χ3v) is 1.18. The summed E-state index contributed by atoms with van der Waals surface area (Å²) in [7, 11) is 0. The molecule has 0 rings (SSSR count). The zero-order valence-corrected chi connectivity index (χ0v) is 6.63. The minimum absolute atomic E-state index is 0.342. The standard InChI is InChI=1S/C9H14O/c1-8(2)4-5-9(3)6-7-10/h4-5,7,9H,1,6H2,2-3H3/b5-4-/t9-/m0/s1. The van der Waals surface area contributed by atoms with E-state index in [1.807, 2.05) is 26.0 Å². The van der Waals surface area contributed by atoms with Gasteiger partial charge in [-0.3, -0.25) is 0 Å². The number of allylic oxidation sites excluding steroid dienone is 3. The van der Waals surface area contributed by atoms with Crippen molar-refractivity contribution in [3.05, 3.63) is 24.3 Å². The second-order valence-electron chi connectivity index (χ2n) is 2.59. The lowest BCUT2D eigenvalue weighted by Gasteiger charge is -1.97. The van der Waals surface area contributed by atoms with Gasteiger partial charge in [-0.1, -0.05) is 31.2 Å². The molecule has 0 aromatic rings. The van der Waals surface area contributed by atoms with Crippen molar-refractivity contribution >= 4 is 6.29 Å². The van der Waals surface area contributed by atoms with Crippen molar-refractivity contribution in [3.8, 4) is 0 Å². The molecule has 0 spiro atoms. The third kappa shape index (κ3) is 5.29. The van der Waals surface area contributed by atoms with E-state index in [1.54, 1.807) is 0 Å². The van der Waals surface area contributed by atoms with E-state index in [2.05, 4.69) is 6.58 Å². The fourth-order valence-corrected chi connectivity index (χ4v) is 0.559. The summed E-state index contributed by atoms with van der Waals surface area (Å²) >= 11 is 0. The number of carbonyl (C=O) groups is 1. The van der Waals surface area contributed by atoms with Crippen molar-refractivity contribution in [2.75, 3.05) is 0 Å². The van der Waals surface area contributed by atoms with Crippen molar-refractivity contribution in [2.45, 2.75) is 20.3 Å². The lowest BCUT2D eigenvalue weighted by atomic mass is 10.1. The summed E-state index contributed by atoms with van der Waals surface area (Å²) in [6.07, 6.45) is 5.47. The predicted molar refractivity (Wildman–Crippen MR) is 43.8 cm³/mol. The van der Waals surface area contributed by atoms with Gasteiger partial charge in [0.1, 0.15) is 6.29 Å². The molecule has 0 unspecified atom stereocenters. The van der Waals surface area contributed by atoms with Crippen LogP contribution in [0.15, 0.2) is 24.3 Å². The molecule has 0 aromatic heterocycles. The molecule has 0 aliphatic rings. The van der Waals surface area contributed by atoms with E-state index in [0.717, 1.165) is 11.9 Å². The van der Waals surface area contributed by atoms with Gasteiger partial charge >= 0.3 is 0 Å². The minimum Gasteiger partial charge on any atom is -0.303 e.